The van der Waals surface area contributed by atoms with Crippen molar-refractivity contribution in [1.29, 1.82) is 0 Å². The van der Waals surface area contributed by atoms with Gasteiger partial charge >= 0.3 is 0 Å². The van der Waals surface area contributed by atoms with Crippen LogP contribution in [0.15, 0.2) is 109 Å². The number of piperazine rings is 1. The molecule has 1 aromatic heterocycles. The van der Waals surface area contributed by atoms with Crippen LogP contribution in [0.3, 0.4) is 0 Å². The zero-order valence-electron chi connectivity index (χ0n) is 31.1. The predicted molar refractivity (Wildman–Crippen MR) is 212 cm³/mol. The summed E-state index contributed by atoms with van der Waals surface area (Å²) in [7, 11) is 0. The molecule has 53 heavy (non-hydrogen) atoms. The first-order valence-electron chi connectivity index (χ1n) is 18.2. The summed E-state index contributed by atoms with van der Waals surface area (Å²) in [6.07, 6.45) is 5.07. The van der Waals surface area contributed by atoms with Crippen LogP contribution >= 0.6 is 11.6 Å². The molecule has 0 aliphatic carbocycles. The third-order valence-electron chi connectivity index (χ3n) is 9.41. The molecule has 0 N–H and O–H groups in total. The van der Waals surface area contributed by atoms with Crippen molar-refractivity contribution in [1.82, 2.24) is 14.8 Å². The number of benzene rings is 4. The zero-order valence-corrected chi connectivity index (χ0v) is 31.8. The summed E-state index contributed by atoms with van der Waals surface area (Å²) in [6.45, 7) is 13.9. The number of aromatic nitrogens is 1. The van der Waals surface area contributed by atoms with Crippen molar-refractivity contribution in [3.8, 4) is 17.4 Å². The highest BCUT2D eigenvalue weighted by Gasteiger charge is 2.20. The number of nitrogens with zero attached hydrogens (tertiary/aromatic N) is 3. The Morgan fingerprint density at radius 2 is 1.42 bits per heavy atom. The van der Waals surface area contributed by atoms with E-state index in [-0.39, 0.29) is 5.91 Å². The Morgan fingerprint density at radius 1 is 0.792 bits per heavy atom. The molecule has 6 rings (SSSR count). The van der Waals surface area contributed by atoms with Crippen molar-refractivity contribution in [2.24, 2.45) is 0 Å². The SMILES string of the molecule is Cc1ccc(COc2ccc(Oc3c(C)cc(C=CC(=O)N4CCN(Cc5ccc(COCc6ccc(C(C)C)cc6)cc5)CC4)cc3Cl)nc2)cc1. The molecule has 0 bridgehead atoms. The van der Waals surface area contributed by atoms with Crippen molar-refractivity contribution in [3.05, 3.63) is 159 Å². The summed E-state index contributed by atoms with van der Waals surface area (Å²) < 4.78 is 17.9. The minimum atomic E-state index is -0.00661. The van der Waals surface area contributed by atoms with E-state index in [1.54, 1.807) is 24.4 Å². The van der Waals surface area contributed by atoms with E-state index < -0.39 is 0 Å². The quantitative estimate of drug-likeness (QED) is 0.106. The molecule has 2 heterocycles. The van der Waals surface area contributed by atoms with E-state index in [1.165, 1.54) is 22.3 Å². The van der Waals surface area contributed by atoms with Crippen LogP contribution in [0.25, 0.3) is 6.08 Å². The number of amides is 1. The molecule has 0 atom stereocenters. The Kier molecular flexibility index (Phi) is 13.0. The molecule has 5 aromatic rings. The van der Waals surface area contributed by atoms with E-state index in [2.05, 4.69) is 103 Å². The van der Waals surface area contributed by atoms with Gasteiger partial charge in [-0.25, -0.2) is 4.98 Å². The molecule has 8 heteroatoms. The number of halogens is 1. The van der Waals surface area contributed by atoms with Crippen molar-refractivity contribution in [3.63, 3.8) is 0 Å². The van der Waals surface area contributed by atoms with Crippen LogP contribution in [0.4, 0.5) is 0 Å². The summed E-state index contributed by atoms with van der Waals surface area (Å²) in [4.78, 5) is 21.8. The van der Waals surface area contributed by atoms with Gasteiger partial charge in [0.05, 0.1) is 24.4 Å². The third-order valence-corrected chi connectivity index (χ3v) is 9.69. The van der Waals surface area contributed by atoms with E-state index in [9.17, 15) is 4.79 Å². The van der Waals surface area contributed by atoms with Crippen molar-refractivity contribution < 1.29 is 19.0 Å². The fourth-order valence-electron chi connectivity index (χ4n) is 6.13. The molecule has 0 unspecified atom stereocenters. The Labute approximate surface area is 318 Å². The number of hydrogen-bond donors (Lipinski definition) is 0. The number of rotatable bonds is 14. The number of ether oxygens (including phenoxy) is 3. The summed E-state index contributed by atoms with van der Waals surface area (Å²) in [6, 6.07) is 32.9. The fraction of sp³-hybridized carbons (Fsp3) is 0.289. The van der Waals surface area contributed by atoms with Crippen LogP contribution in [0.5, 0.6) is 17.4 Å². The van der Waals surface area contributed by atoms with Gasteiger partial charge in [0.25, 0.3) is 0 Å². The number of hydrogen-bond acceptors (Lipinski definition) is 6. The first-order chi connectivity index (χ1) is 25.7. The zero-order chi connectivity index (χ0) is 37.2. The average Bonchev–Trinajstić information content (AvgIpc) is 3.17. The van der Waals surface area contributed by atoms with E-state index in [0.717, 1.165) is 41.9 Å². The van der Waals surface area contributed by atoms with Gasteiger partial charge in [-0.2, -0.15) is 0 Å². The van der Waals surface area contributed by atoms with Crippen LogP contribution in [0.1, 0.15) is 64.3 Å². The summed E-state index contributed by atoms with van der Waals surface area (Å²) in [5, 5.41) is 0.445. The average molecular weight is 730 g/mol. The highest BCUT2D eigenvalue weighted by molar-refractivity contribution is 6.32. The molecule has 0 saturated carbocycles. The number of pyridine rings is 1. The predicted octanol–water partition coefficient (Wildman–Crippen LogP) is 9.92. The maximum Gasteiger partial charge on any atom is 0.246 e. The van der Waals surface area contributed by atoms with E-state index in [0.29, 0.717) is 61.2 Å². The second-order valence-corrected chi connectivity index (χ2v) is 14.4. The Hall–Kier alpha value is -4.95. The first-order valence-corrected chi connectivity index (χ1v) is 18.6. The van der Waals surface area contributed by atoms with E-state index in [1.807, 2.05) is 30.0 Å². The number of carbonyl (C=O) groups is 1. The van der Waals surface area contributed by atoms with Gasteiger partial charge in [-0.1, -0.05) is 104 Å². The normalized spacial score (nSPS) is 13.5. The molecule has 1 amide bonds. The molecule has 7 nitrogen and oxygen atoms in total. The van der Waals surface area contributed by atoms with Crippen LogP contribution < -0.4 is 9.47 Å². The van der Waals surface area contributed by atoms with Crippen molar-refractivity contribution in [2.75, 3.05) is 26.2 Å². The van der Waals surface area contributed by atoms with Crippen molar-refractivity contribution in [2.45, 2.75) is 60.0 Å². The molecule has 274 valence electrons. The lowest BCUT2D eigenvalue weighted by molar-refractivity contribution is -0.127. The lowest BCUT2D eigenvalue weighted by atomic mass is 10.0. The molecular weight excluding hydrogens is 682 g/mol. The van der Waals surface area contributed by atoms with Gasteiger partial charge in [0.2, 0.25) is 11.8 Å². The van der Waals surface area contributed by atoms with Gasteiger partial charge in [0.15, 0.2) is 5.75 Å². The molecule has 4 aromatic carbocycles. The second kappa shape index (κ2) is 18.2. The van der Waals surface area contributed by atoms with Gasteiger partial charge in [-0.3, -0.25) is 9.69 Å². The van der Waals surface area contributed by atoms with Crippen LogP contribution in [0.2, 0.25) is 5.02 Å². The highest BCUT2D eigenvalue weighted by atomic mass is 35.5. The van der Waals surface area contributed by atoms with Crippen molar-refractivity contribution >= 4 is 23.6 Å². The van der Waals surface area contributed by atoms with Crippen LogP contribution in [-0.4, -0.2) is 46.9 Å². The lowest BCUT2D eigenvalue weighted by Crippen LogP contribution is -2.47. The second-order valence-electron chi connectivity index (χ2n) is 14.0. The largest absolute Gasteiger partial charge is 0.487 e. The van der Waals surface area contributed by atoms with E-state index >= 15 is 0 Å². The maximum absolute atomic E-state index is 13.1. The van der Waals surface area contributed by atoms with Gasteiger partial charge < -0.3 is 19.1 Å². The fourth-order valence-corrected chi connectivity index (χ4v) is 6.45. The Balaban J connectivity index is 0.922. The topological polar surface area (TPSA) is 64.1 Å². The van der Waals surface area contributed by atoms with E-state index in [4.69, 9.17) is 25.8 Å². The molecule has 1 fully saturated rings. The smallest absolute Gasteiger partial charge is 0.246 e. The van der Waals surface area contributed by atoms with Crippen LogP contribution in [0, 0.1) is 13.8 Å². The summed E-state index contributed by atoms with van der Waals surface area (Å²) in [5.41, 5.74) is 8.93. The summed E-state index contributed by atoms with van der Waals surface area (Å²) >= 11 is 6.64. The maximum atomic E-state index is 13.1. The standard InChI is InChI=1S/C45H48ClN3O4/c1-32(2)40-16-13-37(14-17-40)30-51-29-36-11-9-35(10-12-36)28-48-21-23-49(24-22-48)44(50)20-15-39-25-34(4)45(42(46)26-39)53-43-19-18-41(27-47-43)52-31-38-7-5-33(3)6-8-38/h5-20,25-27,32H,21-24,28-31H2,1-4H3. The van der Waals surface area contributed by atoms with Gasteiger partial charge in [-0.05, 0) is 83.0 Å². The minimum absolute atomic E-state index is 0.00661. The number of aryl methyl sites for hydroxylation is 2. The van der Waals surface area contributed by atoms with Gasteiger partial charge in [0.1, 0.15) is 12.4 Å². The Morgan fingerprint density at radius 3 is 2.04 bits per heavy atom. The molecule has 1 saturated heterocycles. The monoisotopic (exact) mass is 729 g/mol. The van der Waals surface area contributed by atoms with Crippen LogP contribution in [-0.2, 0) is 35.9 Å². The Bertz CT molecular complexity index is 1940. The molecule has 0 spiro atoms. The van der Waals surface area contributed by atoms with Gasteiger partial charge in [-0.15, -0.1) is 0 Å². The minimum Gasteiger partial charge on any atom is -0.487 e. The first kappa shape index (κ1) is 37.8. The molecule has 1 aliphatic rings. The molecule has 1 aliphatic heterocycles. The molecule has 0 radical (unpaired) electrons. The highest BCUT2D eigenvalue weighted by Crippen LogP contribution is 2.34. The number of carbonyl (C=O) groups excluding carboxylic acids is 1. The molecular formula is C45H48ClN3O4. The third kappa shape index (κ3) is 11.0. The van der Waals surface area contributed by atoms with Gasteiger partial charge in [0, 0.05) is 44.9 Å². The lowest BCUT2D eigenvalue weighted by Gasteiger charge is -2.34. The summed E-state index contributed by atoms with van der Waals surface area (Å²) in [5.74, 6) is 2.12.